The van der Waals surface area contributed by atoms with Gasteiger partial charge in [0.2, 0.25) is 0 Å². The number of ether oxygens (including phenoxy) is 1. The summed E-state index contributed by atoms with van der Waals surface area (Å²) in [6.45, 7) is 0.0523. The Bertz CT molecular complexity index is 1800. The number of amides is 1. The number of carbonyl (C=O) groups excluding carboxylic acids is 1. The van der Waals surface area contributed by atoms with Gasteiger partial charge in [-0.15, -0.1) is 0 Å². The molecule has 0 bridgehead atoms. The van der Waals surface area contributed by atoms with Crippen LogP contribution in [0.5, 0.6) is 5.75 Å². The summed E-state index contributed by atoms with van der Waals surface area (Å²) in [6.07, 6.45) is 2.18. The van der Waals surface area contributed by atoms with Crippen LogP contribution < -0.4 is 4.74 Å². The Morgan fingerprint density at radius 3 is 2.16 bits per heavy atom. The molecule has 0 saturated heterocycles. The van der Waals surface area contributed by atoms with E-state index in [0.717, 1.165) is 52.8 Å². The van der Waals surface area contributed by atoms with Crippen molar-refractivity contribution in [3.05, 3.63) is 123 Å². The van der Waals surface area contributed by atoms with E-state index in [9.17, 15) is 34.5 Å². The standard InChI is InChI=1S/C34H28ClNO8/c1-44-30-13-12-22(35)15-24(30)21-9-4-6-19(14-21)18-36(29-11-5-8-20-7-2-3-10-23(20)29)31(37)25-16-27(33(40)41)28(34(42)43)17-26(25)32(38)39/h2-4,6-7,9-10,12-17,29H,5,8,11,18H2,1H3,(H,38,39)(H,40,41)(H,42,43)/t29-/m0/s1. The first-order chi connectivity index (χ1) is 21.1. The van der Waals surface area contributed by atoms with E-state index < -0.39 is 52.1 Å². The molecule has 0 aliphatic heterocycles. The molecule has 1 atom stereocenters. The Morgan fingerprint density at radius 1 is 0.818 bits per heavy atom. The van der Waals surface area contributed by atoms with Gasteiger partial charge < -0.3 is 25.0 Å². The number of aromatic carboxylic acids is 3. The molecule has 0 aromatic heterocycles. The summed E-state index contributed by atoms with van der Waals surface area (Å²) >= 11 is 6.28. The number of hydrogen-bond donors (Lipinski definition) is 3. The second-order valence-corrected chi connectivity index (χ2v) is 10.9. The quantitative estimate of drug-likeness (QED) is 0.186. The van der Waals surface area contributed by atoms with Crippen LogP contribution >= 0.6 is 11.6 Å². The lowest BCUT2D eigenvalue weighted by molar-refractivity contribution is 0.0611. The molecule has 0 spiro atoms. The van der Waals surface area contributed by atoms with Crippen molar-refractivity contribution in [1.29, 1.82) is 0 Å². The number of aryl methyl sites for hydroxylation is 1. The number of fused-ring (bicyclic) bond motifs is 1. The minimum atomic E-state index is -1.62. The highest BCUT2D eigenvalue weighted by atomic mass is 35.5. The maximum atomic E-state index is 14.4. The van der Waals surface area contributed by atoms with Crippen LogP contribution in [0.1, 0.15) is 77.0 Å². The summed E-state index contributed by atoms with van der Waals surface area (Å²) in [7, 11) is 1.55. The van der Waals surface area contributed by atoms with Crippen molar-refractivity contribution in [2.45, 2.75) is 31.8 Å². The Labute approximate surface area is 257 Å². The zero-order chi connectivity index (χ0) is 31.5. The first-order valence-corrected chi connectivity index (χ1v) is 14.2. The third kappa shape index (κ3) is 6.00. The smallest absolute Gasteiger partial charge is 0.336 e. The molecule has 0 radical (unpaired) electrons. The average Bonchev–Trinajstić information content (AvgIpc) is 3.02. The van der Waals surface area contributed by atoms with Gasteiger partial charge in [-0.25, -0.2) is 14.4 Å². The van der Waals surface area contributed by atoms with Crippen molar-refractivity contribution in [1.82, 2.24) is 4.90 Å². The molecule has 0 saturated carbocycles. The Morgan fingerprint density at radius 2 is 1.48 bits per heavy atom. The molecule has 1 aliphatic carbocycles. The average molecular weight is 614 g/mol. The molecule has 3 N–H and O–H groups in total. The molecule has 224 valence electrons. The highest BCUT2D eigenvalue weighted by molar-refractivity contribution is 6.31. The molecule has 0 heterocycles. The van der Waals surface area contributed by atoms with Crippen molar-refractivity contribution in [3.63, 3.8) is 0 Å². The third-order valence-electron chi connectivity index (χ3n) is 7.81. The van der Waals surface area contributed by atoms with Gasteiger partial charge >= 0.3 is 17.9 Å². The molecule has 9 nitrogen and oxygen atoms in total. The second-order valence-electron chi connectivity index (χ2n) is 10.4. The normalized spacial score (nSPS) is 13.9. The SMILES string of the molecule is COc1ccc(Cl)cc1-c1cccc(CN(C(=O)c2cc(C(=O)O)c(C(=O)O)cc2C(=O)O)[C@H]2CCCc3ccccc32)c1. The van der Waals surface area contributed by atoms with Crippen LogP contribution in [-0.2, 0) is 13.0 Å². The van der Waals surface area contributed by atoms with E-state index in [1.54, 1.807) is 30.2 Å². The number of nitrogens with zero attached hydrogens (tertiary/aromatic N) is 1. The van der Waals surface area contributed by atoms with E-state index >= 15 is 0 Å². The van der Waals surface area contributed by atoms with Gasteiger partial charge in [0.25, 0.3) is 5.91 Å². The predicted molar refractivity (Wildman–Crippen MR) is 163 cm³/mol. The summed E-state index contributed by atoms with van der Waals surface area (Å²) in [6, 6.07) is 21.5. The van der Waals surface area contributed by atoms with Gasteiger partial charge in [0, 0.05) is 17.1 Å². The maximum absolute atomic E-state index is 14.4. The zero-order valence-corrected chi connectivity index (χ0v) is 24.4. The summed E-state index contributed by atoms with van der Waals surface area (Å²) in [5.74, 6) is -4.88. The summed E-state index contributed by atoms with van der Waals surface area (Å²) in [4.78, 5) is 52.0. The number of methoxy groups -OCH3 is 1. The summed E-state index contributed by atoms with van der Waals surface area (Å²) in [5.41, 5.74) is 1.82. The number of carbonyl (C=O) groups is 4. The van der Waals surface area contributed by atoms with Gasteiger partial charge in [-0.2, -0.15) is 0 Å². The number of carboxylic acid groups (broad SMARTS) is 3. The van der Waals surface area contributed by atoms with Gasteiger partial charge in [-0.05, 0) is 77.9 Å². The van der Waals surface area contributed by atoms with Gasteiger partial charge in [-0.1, -0.05) is 54.1 Å². The lowest BCUT2D eigenvalue weighted by Crippen LogP contribution is -2.37. The van der Waals surface area contributed by atoms with Gasteiger partial charge in [0.05, 0.1) is 35.4 Å². The molecule has 44 heavy (non-hydrogen) atoms. The number of hydrogen-bond acceptors (Lipinski definition) is 5. The zero-order valence-electron chi connectivity index (χ0n) is 23.6. The molecule has 1 amide bonds. The van der Waals surface area contributed by atoms with Gasteiger partial charge in [0.1, 0.15) is 5.75 Å². The largest absolute Gasteiger partial charge is 0.496 e. The molecule has 0 fully saturated rings. The van der Waals surface area contributed by atoms with Crippen LogP contribution in [0, 0.1) is 0 Å². The summed E-state index contributed by atoms with van der Waals surface area (Å²) in [5, 5.41) is 29.8. The Hall–Kier alpha value is -5.15. The van der Waals surface area contributed by atoms with Gasteiger partial charge in [0.15, 0.2) is 0 Å². The van der Waals surface area contributed by atoms with Crippen LogP contribution in [0.4, 0.5) is 0 Å². The van der Waals surface area contributed by atoms with Crippen LogP contribution in [0.3, 0.4) is 0 Å². The fraction of sp³-hybridized carbons (Fsp3) is 0.176. The van der Waals surface area contributed by atoms with Crippen molar-refractivity contribution in [3.8, 4) is 16.9 Å². The fourth-order valence-corrected chi connectivity index (χ4v) is 5.95. The number of benzene rings is 4. The molecule has 0 unspecified atom stereocenters. The monoisotopic (exact) mass is 613 g/mol. The molecular formula is C34H28ClNO8. The van der Waals surface area contributed by atoms with Crippen LogP contribution in [-0.4, -0.2) is 51.1 Å². The fourth-order valence-electron chi connectivity index (χ4n) is 5.78. The van der Waals surface area contributed by atoms with E-state index in [1.807, 2.05) is 48.5 Å². The van der Waals surface area contributed by atoms with Crippen LogP contribution in [0.25, 0.3) is 11.1 Å². The number of halogens is 1. The molecular weight excluding hydrogens is 586 g/mol. The lowest BCUT2D eigenvalue weighted by atomic mass is 9.86. The number of rotatable bonds is 9. The minimum absolute atomic E-state index is 0.0523. The van der Waals surface area contributed by atoms with E-state index in [2.05, 4.69) is 0 Å². The van der Waals surface area contributed by atoms with E-state index in [1.165, 1.54) is 0 Å². The molecule has 5 rings (SSSR count). The first-order valence-electron chi connectivity index (χ1n) is 13.8. The molecule has 4 aromatic carbocycles. The highest BCUT2D eigenvalue weighted by Crippen LogP contribution is 2.38. The van der Waals surface area contributed by atoms with E-state index in [-0.39, 0.29) is 6.54 Å². The van der Waals surface area contributed by atoms with E-state index in [4.69, 9.17) is 16.3 Å². The minimum Gasteiger partial charge on any atom is -0.496 e. The highest BCUT2D eigenvalue weighted by Gasteiger charge is 2.34. The van der Waals surface area contributed by atoms with Crippen LogP contribution in [0.15, 0.2) is 78.9 Å². The van der Waals surface area contributed by atoms with Gasteiger partial charge in [-0.3, -0.25) is 4.79 Å². The van der Waals surface area contributed by atoms with Crippen molar-refractivity contribution >= 4 is 35.4 Å². The summed E-state index contributed by atoms with van der Waals surface area (Å²) < 4.78 is 5.53. The van der Waals surface area contributed by atoms with E-state index in [0.29, 0.717) is 17.2 Å². The third-order valence-corrected chi connectivity index (χ3v) is 8.04. The molecule has 1 aliphatic rings. The lowest BCUT2D eigenvalue weighted by Gasteiger charge is -2.36. The van der Waals surface area contributed by atoms with Crippen molar-refractivity contribution < 1.29 is 39.2 Å². The topological polar surface area (TPSA) is 141 Å². The Balaban J connectivity index is 1.66. The molecule has 10 heteroatoms. The van der Waals surface area contributed by atoms with Crippen molar-refractivity contribution in [2.75, 3.05) is 7.11 Å². The molecule has 4 aromatic rings. The maximum Gasteiger partial charge on any atom is 0.336 e. The second kappa shape index (κ2) is 12.6. The predicted octanol–water partition coefficient (Wildman–Crippen LogP) is 6.83. The number of carboxylic acids is 3. The Kier molecular flexibility index (Phi) is 8.69. The van der Waals surface area contributed by atoms with Crippen molar-refractivity contribution in [2.24, 2.45) is 0 Å². The van der Waals surface area contributed by atoms with Crippen LogP contribution in [0.2, 0.25) is 5.02 Å². The first kappa shape index (κ1) is 30.3.